The van der Waals surface area contributed by atoms with E-state index < -0.39 is 10.0 Å². The predicted octanol–water partition coefficient (Wildman–Crippen LogP) is 5.68. The number of fused-ring (bicyclic) bond motifs is 1. The van der Waals surface area contributed by atoms with Crippen molar-refractivity contribution in [3.05, 3.63) is 59.8 Å². The van der Waals surface area contributed by atoms with E-state index in [4.69, 9.17) is 0 Å². The second-order valence-electron chi connectivity index (χ2n) is 11.0. The molecular weight excluding hydrogens is 458 g/mol. The first-order chi connectivity index (χ1) is 16.4. The molecule has 1 amide bonds. The number of nitrogens with zero attached hydrogens (tertiary/aromatic N) is 2. The van der Waals surface area contributed by atoms with Gasteiger partial charge in [0.1, 0.15) is 0 Å². The Hall–Kier alpha value is -2.80. The highest BCUT2D eigenvalue weighted by atomic mass is 32.2. The standard InChI is InChI=1S/C28H37N3O3S/c1-19-7-10-23(11-8-19)35(33,34)29-22-9-12-26-24(17-22)25(18-30(26)6)21-13-15-31(16-14-21)27(32)20(2)28(3,4)5/h7-12,17-18,20-21,29H,13-16H2,1-6H3. The zero-order chi connectivity index (χ0) is 25.5. The summed E-state index contributed by atoms with van der Waals surface area (Å²) in [6.45, 7) is 11.8. The van der Waals surface area contributed by atoms with Gasteiger partial charge < -0.3 is 9.47 Å². The van der Waals surface area contributed by atoms with E-state index in [0.717, 1.165) is 42.4 Å². The number of anilines is 1. The number of sulfonamides is 1. The number of carbonyl (C=O) groups is 1. The highest BCUT2D eigenvalue weighted by Gasteiger charge is 2.33. The van der Waals surface area contributed by atoms with Crippen LogP contribution in [0.4, 0.5) is 5.69 Å². The van der Waals surface area contributed by atoms with Gasteiger partial charge in [-0.25, -0.2) is 8.42 Å². The molecule has 6 nitrogen and oxygen atoms in total. The number of aromatic nitrogens is 1. The molecule has 1 unspecified atom stereocenters. The molecule has 188 valence electrons. The summed E-state index contributed by atoms with van der Waals surface area (Å²) < 4.78 is 30.7. The van der Waals surface area contributed by atoms with Crippen molar-refractivity contribution in [2.45, 2.75) is 58.3 Å². The van der Waals surface area contributed by atoms with Crippen LogP contribution in [0.2, 0.25) is 0 Å². The first-order valence-electron chi connectivity index (χ1n) is 12.3. The molecule has 1 saturated heterocycles. The van der Waals surface area contributed by atoms with Gasteiger partial charge in [0, 0.05) is 48.8 Å². The predicted molar refractivity (Wildman–Crippen MR) is 142 cm³/mol. The van der Waals surface area contributed by atoms with Crippen LogP contribution in [0.15, 0.2) is 53.6 Å². The minimum atomic E-state index is -3.67. The van der Waals surface area contributed by atoms with Crippen molar-refractivity contribution in [1.29, 1.82) is 0 Å². The zero-order valence-electron chi connectivity index (χ0n) is 21.6. The number of hydrogen-bond donors (Lipinski definition) is 1. The summed E-state index contributed by atoms with van der Waals surface area (Å²) in [4.78, 5) is 15.2. The SMILES string of the molecule is Cc1ccc(S(=O)(=O)Nc2ccc3c(c2)c(C2CCN(C(=O)C(C)C(C)(C)C)CC2)cn3C)cc1. The molecule has 0 saturated carbocycles. The Morgan fingerprint density at radius 2 is 1.69 bits per heavy atom. The maximum Gasteiger partial charge on any atom is 0.261 e. The fourth-order valence-corrected chi connectivity index (χ4v) is 5.85. The molecule has 2 aromatic carbocycles. The molecule has 35 heavy (non-hydrogen) atoms. The van der Waals surface area contributed by atoms with E-state index in [9.17, 15) is 13.2 Å². The van der Waals surface area contributed by atoms with Gasteiger partial charge in [-0.15, -0.1) is 0 Å². The molecule has 1 fully saturated rings. The molecule has 1 N–H and O–H groups in total. The number of amides is 1. The maximum atomic E-state index is 13.0. The Kier molecular flexibility index (Phi) is 6.75. The molecule has 0 spiro atoms. The Morgan fingerprint density at radius 3 is 2.29 bits per heavy atom. The van der Waals surface area contributed by atoms with Crippen molar-refractivity contribution in [2.75, 3.05) is 17.8 Å². The van der Waals surface area contributed by atoms with Crippen molar-refractivity contribution in [3.8, 4) is 0 Å². The lowest BCUT2D eigenvalue weighted by Gasteiger charge is -2.36. The van der Waals surface area contributed by atoms with E-state index in [-0.39, 0.29) is 22.1 Å². The molecule has 0 bridgehead atoms. The lowest BCUT2D eigenvalue weighted by atomic mass is 9.80. The average molecular weight is 496 g/mol. The third-order valence-corrected chi connectivity index (χ3v) is 8.92. The third kappa shape index (κ3) is 5.25. The lowest BCUT2D eigenvalue weighted by molar-refractivity contribution is -0.139. The van der Waals surface area contributed by atoms with Gasteiger partial charge in [-0.3, -0.25) is 9.52 Å². The Balaban J connectivity index is 1.54. The Morgan fingerprint density at radius 1 is 1.06 bits per heavy atom. The molecule has 1 aromatic heterocycles. The van der Waals surface area contributed by atoms with Gasteiger partial charge in [0.15, 0.2) is 0 Å². The van der Waals surface area contributed by atoms with E-state index in [1.807, 2.05) is 44.0 Å². The fourth-order valence-electron chi connectivity index (χ4n) is 4.80. The molecule has 1 aliphatic rings. The number of likely N-dealkylation sites (tertiary alicyclic amines) is 1. The normalized spacial score (nSPS) is 16.5. The van der Waals surface area contributed by atoms with Crippen molar-refractivity contribution >= 4 is 32.5 Å². The smallest absolute Gasteiger partial charge is 0.261 e. The maximum absolute atomic E-state index is 13.0. The Labute approximate surface area is 209 Å². The fraction of sp³-hybridized carbons (Fsp3) is 0.464. The summed E-state index contributed by atoms with van der Waals surface area (Å²) >= 11 is 0. The van der Waals surface area contributed by atoms with E-state index in [1.54, 1.807) is 24.3 Å². The summed E-state index contributed by atoms with van der Waals surface area (Å²) in [5.74, 6) is 0.555. The van der Waals surface area contributed by atoms with Gasteiger partial charge in [-0.2, -0.15) is 0 Å². The van der Waals surface area contributed by atoms with E-state index in [2.05, 4.69) is 36.3 Å². The molecule has 2 heterocycles. The molecule has 0 radical (unpaired) electrons. The quantitative estimate of drug-likeness (QED) is 0.495. The van der Waals surface area contributed by atoms with Crippen molar-refractivity contribution < 1.29 is 13.2 Å². The van der Waals surface area contributed by atoms with Gasteiger partial charge in [0.25, 0.3) is 10.0 Å². The van der Waals surface area contributed by atoms with E-state index in [1.165, 1.54) is 5.56 Å². The molecule has 0 aliphatic carbocycles. The molecule has 7 heteroatoms. The molecule has 1 atom stereocenters. The first-order valence-corrected chi connectivity index (χ1v) is 13.8. The summed E-state index contributed by atoms with van der Waals surface area (Å²) in [6.07, 6.45) is 3.96. The number of benzene rings is 2. The van der Waals surface area contributed by atoms with Crippen LogP contribution >= 0.6 is 0 Å². The first kappa shape index (κ1) is 25.3. The summed E-state index contributed by atoms with van der Waals surface area (Å²) in [5.41, 5.74) is 3.80. The number of rotatable bonds is 5. The van der Waals surface area contributed by atoms with Crippen molar-refractivity contribution in [1.82, 2.24) is 9.47 Å². The van der Waals surface area contributed by atoms with Crippen molar-refractivity contribution in [3.63, 3.8) is 0 Å². The number of hydrogen-bond acceptors (Lipinski definition) is 3. The van der Waals surface area contributed by atoms with Crippen molar-refractivity contribution in [2.24, 2.45) is 18.4 Å². The van der Waals surface area contributed by atoms with Crippen LogP contribution in [0, 0.1) is 18.3 Å². The number of carbonyl (C=O) groups excluding carboxylic acids is 1. The molecule has 3 aromatic rings. The van der Waals surface area contributed by atoms with Gasteiger partial charge in [-0.05, 0) is 67.0 Å². The van der Waals surface area contributed by atoms with Gasteiger partial charge in [-0.1, -0.05) is 45.4 Å². The van der Waals surface area contributed by atoms with Crippen LogP contribution in [-0.4, -0.2) is 36.9 Å². The molecular formula is C28H37N3O3S. The van der Waals surface area contributed by atoms with Gasteiger partial charge in [0.05, 0.1) is 4.90 Å². The zero-order valence-corrected chi connectivity index (χ0v) is 22.4. The number of aryl methyl sites for hydroxylation is 2. The second kappa shape index (κ2) is 9.34. The largest absolute Gasteiger partial charge is 0.350 e. The number of piperidine rings is 1. The monoisotopic (exact) mass is 495 g/mol. The van der Waals surface area contributed by atoms with Crippen LogP contribution in [0.5, 0.6) is 0 Å². The molecule has 4 rings (SSSR count). The van der Waals surface area contributed by atoms with Crippen LogP contribution < -0.4 is 4.72 Å². The van der Waals surface area contributed by atoms with Crippen LogP contribution in [0.25, 0.3) is 10.9 Å². The van der Waals surface area contributed by atoms with Crippen LogP contribution in [0.3, 0.4) is 0 Å². The number of nitrogens with one attached hydrogen (secondary N) is 1. The summed E-state index contributed by atoms with van der Waals surface area (Å²) in [5, 5.41) is 1.06. The van der Waals surface area contributed by atoms with Gasteiger partial charge in [0.2, 0.25) is 5.91 Å². The highest BCUT2D eigenvalue weighted by molar-refractivity contribution is 7.92. The minimum Gasteiger partial charge on any atom is -0.350 e. The average Bonchev–Trinajstić information content (AvgIpc) is 3.13. The lowest BCUT2D eigenvalue weighted by Crippen LogP contribution is -2.43. The minimum absolute atomic E-state index is 0.0132. The highest BCUT2D eigenvalue weighted by Crippen LogP contribution is 2.37. The second-order valence-corrected chi connectivity index (χ2v) is 12.7. The van der Waals surface area contributed by atoms with E-state index in [0.29, 0.717) is 11.6 Å². The summed E-state index contributed by atoms with van der Waals surface area (Å²) in [7, 11) is -1.65. The van der Waals surface area contributed by atoms with Gasteiger partial charge >= 0.3 is 0 Å². The van der Waals surface area contributed by atoms with E-state index >= 15 is 0 Å². The molecule has 1 aliphatic heterocycles. The van der Waals surface area contributed by atoms with Crippen LogP contribution in [-0.2, 0) is 21.9 Å². The Bertz CT molecular complexity index is 1330. The third-order valence-electron chi connectivity index (χ3n) is 7.52. The topological polar surface area (TPSA) is 71.4 Å². The summed E-state index contributed by atoms with van der Waals surface area (Å²) in [6, 6.07) is 12.6. The van der Waals surface area contributed by atoms with Crippen LogP contribution in [0.1, 0.15) is 57.6 Å².